The number of hydrogen-bond donors (Lipinski definition) is 1. The molecule has 4 heteroatoms. The van der Waals surface area contributed by atoms with E-state index < -0.39 is 0 Å². The molecule has 0 aliphatic carbocycles. The third-order valence-electron chi connectivity index (χ3n) is 0.401. The molecule has 0 atom stereocenters. The zero-order valence-corrected chi connectivity index (χ0v) is 4.90. The summed E-state index contributed by atoms with van der Waals surface area (Å²) in [5, 5.41) is 1.10. The number of hydrogen-bond acceptors (Lipinski definition) is 4. The molecular weight excluding hydrogens is 116 g/mol. The highest BCUT2D eigenvalue weighted by Gasteiger charge is 1.97. The second kappa shape index (κ2) is 1.86. The molecule has 0 fully saturated rings. The van der Waals surface area contributed by atoms with Gasteiger partial charge in [0, 0.05) is 0 Å². The first-order valence-corrected chi connectivity index (χ1v) is 3.11. The van der Waals surface area contributed by atoms with Gasteiger partial charge in [0.05, 0.1) is 17.2 Å². The van der Waals surface area contributed by atoms with Gasteiger partial charge in [-0.25, -0.2) is 0 Å². The monoisotopic (exact) mass is 120 g/mol. The Morgan fingerprint density at radius 3 is 2.83 bits per heavy atom. The molecule has 0 aromatic carbocycles. The van der Waals surface area contributed by atoms with E-state index in [-0.39, 0.29) is 0 Å². The average molecular weight is 120 g/mol. The van der Waals surface area contributed by atoms with Crippen LogP contribution in [-0.4, -0.2) is 5.04 Å². The van der Waals surface area contributed by atoms with E-state index >= 15 is 0 Å². The maximum Gasteiger partial charge on any atom is 0.0958 e. The summed E-state index contributed by atoms with van der Waals surface area (Å²) >= 11 is 2.94. The van der Waals surface area contributed by atoms with Crippen molar-refractivity contribution in [1.29, 1.82) is 0 Å². The van der Waals surface area contributed by atoms with Crippen LogP contribution in [0.4, 0.5) is 0 Å². The summed E-state index contributed by atoms with van der Waals surface area (Å²) in [6, 6.07) is 0. The van der Waals surface area contributed by atoms with Gasteiger partial charge in [-0.1, -0.05) is 0 Å². The SMILES string of the molecule is CC1=NSNS1. The average Bonchev–Trinajstić information content (AvgIpc) is 1.86. The van der Waals surface area contributed by atoms with Crippen LogP contribution in [0.25, 0.3) is 0 Å². The lowest BCUT2D eigenvalue weighted by Gasteiger charge is -1.76. The molecule has 0 unspecified atom stereocenters. The van der Waals surface area contributed by atoms with E-state index in [4.69, 9.17) is 0 Å². The molecule has 1 aliphatic rings. The van der Waals surface area contributed by atoms with Crippen molar-refractivity contribution < 1.29 is 0 Å². The van der Waals surface area contributed by atoms with Gasteiger partial charge in [-0.2, -0.15) is 8.53 Å². The van der Waals surface area contributed by atoms with Crippen molar-refractivity contribution in [1.82, 2.24) is 4.13 Å². The topological polar surface area (TPSA) is 24.4 Å². The minimum absolute atomic E-state index is 1.10. The van der Waals surface area contributed by atoms with Gasteiger partial charge in [0.2, 0.25) is 0 Å². The first-order chi connectivity index (χ1) is 2.89. The lowest BCUT2D eigenvalue weighted by molar-refractivity contribution is 1.76. The van der Waals surface area contributed by atoms with E-state index in [0.29, 0.717) is 0 Å². The van der Waals surface area contributed by atoms with Crippen LogP contribution in [0, 0.1) is 0 Å². The fraction of sp³-hybridized carbons (Fsp3) is 0.500. The molecule has 0 bridgehead atoms. The molecule has 6 heavy (non-hydrogen) atoms. The summed E-state index contributed by atoms with van der Waals surface area (Å²) in [6.07, 6.45) is 0. The van der Waals surface area contributed by atoms with Gasteiger partial charge in [-0.3, -0.25) is 0 Å². The molecule has 0 spiro atoms. The molecule has 2 nitrogen and oxygen atoms in total. The van der Waals surface area contributed by atoms with Gasteiger partial charge in [-0.05, 0) is 18.9 Å². The highest BCUT2D eigenvalue weighted by molar-refractivity contribution is 8.24. The van der Waals surface area contributed by atoms with Crippen molar-refractivity contribution in [3.8, 4) is 0 Å². The summed E-state index contributed by atoms with van der Waals surface area (Å²) in [7, 11) is 0. The van der Waals surface area contributed by atoms with Crippen molar-refractivity contribution >= 4 is 29.1 Å². The van der Waals surface area contributed by atoms with Gasteiger partial charge in [0.15, 0.2) is 0 Å². The molecule has 1 heterocycles. The summed E-state index contributed by atoms with van der Waals surface area (Å²) in [6.45, 7) is 1.97. The molecule has 0 saturated heterocycles. The number of nitrogens with zero attached hydrogens (tertiary/aromatic N) is 1. The van der Waals surface area contributed by atoms with Crippen LogP contribution in [0.3, 0.4) is 0 Å². The maximum atomic E-state index is 3.92. The Morgan fingerprint density at radius 2 is 2.67 bits per heavy atom. The van der Waals surface area contributed by atoms with Gasteiger partial charge >= 0.3 is 0 Å². The van der Waals surface area contributed by atoms with Crippen molar-refractivity contribution in [3.05, 3.63) is 0 Å². The molecule has 34 valence electrons. The Morgan fingerprint density at radius 1 is 1.83 bits per heavy atom. The predicted molar refractivity (Wildman–Crippen MR) is 31.4 cm³/mol. The van der Waals surface area contributed by atoms with Crippen LogP contribution in [0.5, 0.6) is 0 Å². The lowest BCUT2D eigenvalue weighted by atomic mass is 10.9. The summed E-state index contributed by atoms with van der Waals surface area (Å²) in [5.41, 5.74) is 0. The van der Waals surface area contributed by atoms with E-state index in [1.165, 1.54) is 12.1 Å². The van der Waals surface area contributed by atoms with Crippen LogP contribution in [0.15, 0.2) is 4.40 Å². The first-order valence-electron chi connectivity index (χ1n) is 1.52. The zero-order chi connectivity index (χ0) is 4.41. The van der Waals surface area contributed by atoms with Gasteiger partial charge in [0.25, 0.3) is 0 Å². The largest absolute Gasteiger partial charge is 0.196 e. The van der Waals surface area contributed by atoms with Crippen LogP contribution < -0.4 is 4.13 Å². The highest BCUT2D eigenvalue weighted by Crippen LogP contribution is 2.15. The second-order valence-corrected chi connectivity index (χ2v) is 2.71. The fourth-order valence-electron chi connectivity index (χ4n) is 0.180. The molecule has 1 aliphatic heterocycles. The van der Waals surface area contributed by atoms with Crippen molar-refractivity contribution in [2.24, 2.45) is 4.40 Å². The third kappa shape index (κ3) is 0.894. The minimum Gasteiger partial charge on any atom is -0.196 e. The second-order valence-electron chi connectivity index (χ2n) is 0.887. The molecule has 0 aromatic rings. The predicted octanol–water partition coefficient (Wildman–Crippen LogP) is 1.22. The van der Waals surface area contributed by atoms with Crippen LogP contribution >= 0.6 is 24.1 Å². The van der Waals surface area contributed by atoms with Gasteiger partial charge in [0.1, 0.15) is 0 Å². The van der Waals surface area contributed by atoms with Crippen LogP contribution in [0.1, 0.15) is 6.92 Å². The number of rotatable bonds is 0. The molecule has 0 amide bonds. The number of nitrogens with one attached hydrogen (secondary N) is 1. The quantitative estimate of drug-likeness (QED) is 0.486. The van der Waals surface area contributed by atoms with Crippen molar-refractivity contribution in [3.63, 3.8) is 0 Å². The van der Waals surface area contributed by atoms with Gasteiger partial charge in [-0.15, -0.1) is 0 Å². The highest BCUT2D eigenvalue weighted by atomic mass is 32.2. The molecule has 1 rings (SSSR count). The van der Waals surface area contributed by atoms with Gasteiger partial charge < -0.3 is 0 Å². The Labute approximate surface area is 45.2 Å². The molecule has 0 saturated carbocycles. The Hall–Kier alpha value is 0.330. The van der Waals surface area contributed by atoms with Crippen molar-refractivity contribution in [2.45, 2.75) is 6.92 Å². The smallest absolute Gasteiger partial charge is 0.0958 e. The zero-order valence-electron chi connectivity index (χ0n) is 3.26. The van der Waals surface area contributed by atoms with E-state index in [2.05, 4.69) is 8.53 Å². The Kier molecular flexibility index (Phi) is 1.39. The van der Waals surface area contributed by atoms with Crippen LogP contribution in [-0.2, 0) is 0 Å². The maximum absolute atomic E-state index is 3.92. The van der Waals surface area contributed by atoms with E-state index in [1.807, 2.05) is 6.92 Å². The lowest BCUT2D eigenvalue weighted by Crippen LogP contribution is -1.80. The molecular formula is C2H4N2S2. The third-order valence-corrected chi connectivity index (χ3v) is 1.90. The van der Waals surface area contributed by atoms with Crippen molar-refractivity contribution in [2.75, 3.05) is 0 Å². The first kappa shape index (κ1) is 4.49. The molecule has 1 N–H and O–H groups in total. The normalized spacial score (nSPS) is 21.2. The standard InChI is InChI=1S/C2H4N2S2/c1-2-3-6-4-5-2/h4H,1H3. The fourth-order valence-corrected chi connectivity index (χ4v) is 1.35. The summed E-state index contributed by atoms with van der Waals surface area (Å²) in [5.74, 6) is 0. The summed E-state index contributed by atoms with van der Waals surface area (Å²) < 4.78 is 6.82. The van der Waals surface area contributed by atoms with E-state index in [0.717, 1.165) is 5.04 Å². The van der Waals surface area contributed by atoms with E-state index in [1.54, 1.807) is 11.9 Å². The Balaban J connectivity index is 2.45. The molecule has 0 aromatic heterocycles. The minimum atomic E-state index is 1.10. The summed E-state index contributed by atoms with van der Waals surface area (Å²) in [4.78, 5) is 0. The van der Waals surface area contributed by atoms with E-state index in [9.17, 15) is 0 Å². The van der Waals surface area contributed by atoms with Crippen LogP contribution in [0.2, 0.25) is 0 Å². The Bertz CT molecular complexity index is 79.6. The molecule has 0 radical (unpaired) electrons.